The van der Waals surface area contributed by atoms with Gasteiger partial charge in [-0.2, -0.15) is 5.10 Å². The van der Waals surface area contributed by atoms with E-state index in [-0.39, 0.29) is 0 Å². The average Bonchev–Trinajstić information content (AvgIpc) is 2.83. The minimum Gasteiger partial charge on any atom is -0.361 e. The molecule has 0 aromatic carbocycles. The monoisotopic (exact) mass is 264 g/mol. The highest BCUT2D eigenvalue weighted by molar-refractivity contribution is 7.14. The van der Waals surface area contributed by atoms with Crippen molar-refractivity contribution in [1.82, 2.24) is 14.8 Å². The third-order valence-electron chi connectivity index (χ3n) is 2.93. The van der Waals surface area contributed by atoms with Crippen molar-refractivity contribution >= 4 is 16.5 Å². The Hall–Kier alpha value is -1.36. The van der Waals surface area contributed by atoms with Crippen LogP contribution < -0.4 is 5.32 Å². The summed E-state index contributed by atoms with van der Waals surface area (Å²) in [6.45, 7) is 9.45. The van der Waals surface area contributed by atoms with Gasteiger partial charge in [-0.25, -0.2) is 4.98 Å². The van der Waals surface area contributed by atoms with Gasteiger partial charge < -0.3 is 5.32 Å². The number of nitrogens with one attached hydrogen (secondary N) is 1. The molecular weight excluding hydrogens is 244 g/mol. The summed E-state index contributed by atoms with van der Waals surface area (Å²) in [4.78, 5) is 4.64. The number of aryl methyl sites for hydroxylation is 2. The smallest absolute Gasteiger partial charge is 0.183 e. The molecule has 2 aromatic heterocycles. The molecule has 0 saturated carbocycles. The molecule has 0 radical (unpaired) electrons. The Kier molecular flexibility index (Phi) is 3.71. The van der Waals surface area contributed by atoms with E-state index in [1.54, 1.807) is 11.3 Å². The van der Waals surface area contributed by atoms with Crippen LogP contribution in [0.1, 0.15) is 25.2 Å². The minimum atomic E-state index is 0.624. The summed E-state index contributed by atoms with van der Waals surface area (Å²) in [6, 6.07) is 0. The number of hydrogen-bond donors (Lipinski definition) is 1. The summed E-state index contributed by atoms with van der Waals surface area (Å²) >= 11 is 1.65. The summed E-state index contributed by atoms with van der Waals surface area (Å²) in [5.74, 6) is 0.624. The van der Waals surface area contributed by atoms with Crippen molar-refractivity contribution in [3.8, 4) is 11.3 Å². The Bertz CT molecular complexity index is 539. The fourth-order valence-electron chi connectivity index (χ4n) is 1.91. The molecule has 1 N–H and O–H groups in total. The molecule has 18 heavy (non-hydrogen) atoms. The van der Waals surface area contributed by atoms with Crippen molar-refractivity contribution in [1.29, 1.82) is 0 Å². The molecule has 5 heteroatoms. The molecular formula is C13H20N4S. The Morgan fingerprint density at radius 3 is 2.67 bits per heavy atom. The second-order valence-corrected chi connectivity index (χ2v) is 5.84. The van der Waals surface area contributed by atoms with Crippen molar-refractivity contribution in [3.05, 3.63) is 16.8 Å². The molecule has 0 saturated heterocycles. The van der Waals surface area contributed by atoms with Crippen molar-refractivity contribution in [3.63, 3.8) is 0 Å². The molecule has 0 aliphatic heterocycles. The number of aromatic nitrogens is 3. The van der Waals surface area contributed by atoms with Gasteiger partial charge in [0.25, 0.3) is 0 Å². The van der Waals surface area contributed by atoms with Crippen LogP contribution in [0.4, 0.5) is 5.13 Å². The molecule has 0 spiro atoms. The lowest BCUT2D eigenvalue weighted by molar-refractivity contribution is 0.688. The standard InChI is InChI=1S/C13H20N4S/c1-8(2)6-14-13-15-11(7-18-13)12-9(3)16-17(5)10(12)4/h7-8H,6H2,1-5H3,(H,14,15). The van der Waals surface area contributed by atoms with Crippen LogP contribution in [0, 0.1) is 19.8 Å². The van der Waals surface area contributed by atoms with Gasteiger partial charge in [-0.1, -0.05) is 13.8 Å². The van der Waals surface area contributed by atoms with E-state index in [0.29, 0.717) is 5.92 Å². The SMILES string of the molecule is Cc1nn(C)c(C)c1-c1csc(NCC(C)C)n1. The number of anilines is 1. The van der Waals surface area contributed by atoms with Crippen molar-refractivity contribution in [2.75, 3.05) is 11.9 Å². The van der Waals surface area contributed by atoms with Crippen LogP contribution in [-0.2, 0) is 7.05 Å². The normalized spacial score (nSPS) is 11.2. The maximum Gasteiger partial charge on any atom is 0.183 e. The van der Waals surface area contributed by atoms with E-state index in [1.807, 2.05) is 18.7 Å². The van der Waals surface area contributed by atoms with Gasteiger partial charge in [0.1, 0.15) is 0 Å². The molecule has 2 aromatic rings. The van der Waals surface area contributed by atoms with Crippen LogP contribution in [0.15, 0.2) is 5.38 Å². The fourth-order valence-corrected chi connectivity index (χ4v) is 2.62. The van der Waals surface area contributed by atoms with Gasteiger partial charge in [-0.3, -0.25) is 4.68 Å². The molecule has 0 aliphatic rings. The minimum absolute atomic E-state index is 0.624. The predicted octanol–water partition coefficient (Wildman–Crippen LogP) is 3.23. The van der Waals surface area contributed by atoms with Crippen LogP contribution in [0.3, 0.4) is 0 Å². The highest BCUT2D eigenvalue weighted by Gasteiger charge is 2.14. The zero-order valence-electron chi connectivity index (χ0n) is 11.6. The first-order valence-corrected chi connectivity index (χ1v) is 7.07. The van der Waals surface area contributed by atoms with Crippen LogP contribution in [0.2, 0.25) is 0 Å². The molecule has 4 nitrogen and oxygen atoms in total. The van der Waals surface area contributed by atoms with Gasteiger partial charge in [-0.05, 0) is 19.8 Å². The van der Waals surface area contributed by atoms with Gasteiger partial charge in [0.15, 0.2) is 5.13 Å². The molecule has 0 aliphatic carbocycles. The first-order chi connectivity index (χ1) is 8.49. The predicted molar refractivity (Wildman–Crippen MR) is 77.1 cm³/mol. The summed E-state index contributed by atoms with van der Waals surface area (Å²) in [5.41, 5.74) is 4.38. The second kappa shape index (κ2) is 5.10. The molecule has 98 valence electrons. The van der Waals surface area contributed by atoms with Crippen LogP contribution in [0.25, 0.3) is 11.3 Å². The highest BCUT2D eigenvalue weighted by atomic mass is 32.1. The molecule has 0 fully saturated rings. The lowest BCUT2D eigenvalue weighted by Crippen LogP contribution is -2.07. The van der Waals surface area contributed by atoms with Crippen molar-refractivity contribution in [2.24, 2.45) is 13.0 Å². The Morgan fingerprint density at radius 2 is 2.11 bits per heavy atom. The highest BCUT2D eigenvalue weighted by Crippen LogP contribution is 2.29. The largest absolute Gasteiger partial charge is 0.361 e. The first kappa shape index (κ1) is 13.1. The third-order valence-corrected chi connectivity index (χ3v) is 3.73. The summed E-state index contributed by atoms with van der Waals surface area (Å²) in [7, 11) is 1.97. The van der Waals surface area contributed by atoms with E-state index in [9.17, 15) is 0 Å². The first-order valence-electron chi connectivity index (χ1n) is 6.19. The summed E-state index contributed by atoms with van der Waals surface area (Å²) in [6.07, 6.45) is 0. The zero-order valence-corrected chi connectivity index (χ0v) is 12.4. The lowest BCUT2D eigenvalue weighted by Gasteiger charge is -2.04. The molecule has 0 bridgehead atoms. The van der Waals surface area contributed by atoms with Gasteiger partial charge in [0.2, 0.25) is 0 Å². The van der Waals surface area contributed by atoms with E-state index in [4.69, 9.17) is 0 Å². The van der Waals surface area contributed by atoms with Crippen molar-refractivity contribution < 1.29 is 0 Å². The van der Waals surface area contributed by atoms with Crippen molar-refractivity contribution in [2.45, 2.75) is 27.7 Å². The second-order valence-electron chi connectivity index (χ2n) is 4.98. The molecule has 2 rings (SSSR count). The number of thiazole rings is 1. The average molecular weight is 264 g/mol. The molecule has 0 atom stereocenters. The van der Waals surface area contributed by atoms with Crippen LogP contribution >= 0.6 is 11.3 Å². The van der Waals surface area contributed by atoms with Gasteiger partial charge in [0.05, 0.1) is 11.4 Å². The fraction of sp³-hybridized carbons (Fsp3) is 0.538. The van der Waals surface area contributed by atoms with E-state index < -0.39 is 0 Å². The molecule has 2 heterocycles. The van der Waals surface area contributed by atoms with E-state index in [1.165, 1.54) is 0 Å². The van der Waals surface area contributed by atoms with Gasteiger partial charge >= 0.3 is 0 Å². The maximum atomic E-state index is 4.64. The maximum absolute atomic E-state index is 4.64. The Labute approximate surface area is 112 Å². The van der Waals surface area contributed by atoms with Gasteiger partial charge in [-0.15, -0.1) is 11.3 Å². The Morgan fingerprint density at radius 1 is 1.39 bits per heavy atom. The van der Waals surface area contributed by atoms with Crippen LogP contribution in [-0.4, -0.2) is 21.3 Å². The number of nitrogens with zero attached hydrogens (tertiary/aromatic N) is 3. The quantitative estimate of drug-likeness (QED) is 0.922. The molecule has 0 amide bonds. The zero-order chi connectivity index (χ0) is 13.3. The topological polar surface area (TPSA) is 42.7 Å². The summed E-state index contributed by atoms with van der Waals surface area (Å²) < 4.78 is 1.91. The van der Waals surface area contributed by atoms with E-state index in [2.05, 4.69) is 41.6 Å². The van der Waals surface area contributed by atoms with Gasteiger partial charge in [0, 0.05) is 30.2 Å². The lowest BCUT2D eigenvalue weighted by atomic mass is 10.1. The number of rotatable bonds is 4. The number of hydrogen-bond acceptors (Lipinski definition) is 4. The van der Waals surface area contributed by atoms with E-state index in [0.717, 1.165) is 34.3 Å². The molecule has 0 unspecified atom stereocenters. The van der Waals surface area contributed by atoms with E-state index >= 15 is 0 Å². The van der Waals surface area contributed by atoms with Crippen LogP contribution in [0.5, 0.6) is 0 Å². The third kappa shape index (κ3) is 2.56. The summed E-state index contributed by atoms with van der Waals surface area (Å²) in [5, 5.41) is 10.9. The Balaban J connectivity index is 2.24.